The lowest BCUT2D eigenvalue weighted by molar-refractivity contribution is -0.122. The minimum absolute atomic E-state index is 0.107. The van der Waals surface area contributed by atoms with Gasteiger partial charge in [0.05, 0.1) is 0 Å². The molecule has 0 bridgehead atoms. The summed E-state index contributed by atoms with van der Waals surface area (Å²) in [7, 11) is 0. The molecule has 1 aliphatic rings. The van der Waals surface area contributed by atoms with E-state index in [1.165, 1.54) is 0 Å². The zero-order valence-corrected chi connectivity index (χ0v) is 12.4. The van der Waals surface area contributed by atoms with Crippen molar-refractivity contribution in [3.8, 4) is 0 Å². The van der Waals surface area contributed by atoms with E-state index in [9.17, 15) is 9.59 Å². The van der Waals surface area contributed by atoms with Gasteiger partial charge in [-0.1, -0.05) is 6.92 Å². The Morgan fingerprint density at radius 2 is 1.71 bits per heavy atom. The standard InChI is InChI=1S/C16H23N3O2/c1-2-9-17-14-7-5-13(6-8-14)16(21)19-11-10-18-15(20)12-3-4-12/h5-8,12,17H,2-4,9-11H2,1H3,(H,18,20)(H,19,21). The summed E-state index contributed by atoms with van der Waals surface area (Å²) in [5, 5.41) is 8.88. The van der Waals surface area contributed by atoms with Crippen molar-refractivity contribution in [1.29, 1.82) is 0 Å². The van der Waals surface area contributed by atoms with Crippen molar-refractivity contribution in [2.75, 3.05) is 25.0 Å². The molecule has 1 aromatic carbocycles. The Morgan fingerprint density at radius 3 is 2.33 bits per heavy atom. The second-order valence-corrected chi connectivity index (χ2v) is 5.33. The Morgan fingerprint density at radius 1 is 1.05 bits per heavy atom. The summed E-state index contributed by atoms with van der Waals surface area (Å²) in [6.45, 7) is 3.97. The van der Waals surface area contributed by atoms with Crippen LogP contribution >= 0.6 is 0 Å². The van der Waals surface area contributed by atoms with E-state index < -0.39 is 0 Å². The lowest BCUT2D eigenvalue weighted by Crippen LogP contribution is -2.35. The van der Waals surface area contributed by atoms with Crippen molar-refractivity contribution < 1.29 is 9.59 Å². The first-order valence-corrected chi connectivity index (χ1v) is 7.60. The molecule has 21 heavy (non-hydrogen) atoms. The molecule has 0 aliphatic heterocycles. The first-order chi connectivity index (χ1) is 10.2. The van der Waals surface area contributed by atoms with E-state index >= 15 is 0 Å². The molecule has 0 radical (unpaired) electrons. The van der Waals surface area contributed by atoms with E-state index in [1.54, 1.807) is 12.1 Å². The fourth-order valence-electron chi connectivity index (χ4n) is 1.96. The van der Waals surface area contributed by atoms with Crippen LogP contribution in [-0.4, -0.2) is 31.4 Å². The van der Waals surface area contributed by atoms with Gasteiger partial charge in [-0.2, -0.15) is 0 Å². The zero-order chi connectivity index (χ0) is 15.1. The van der Waals surface area contributed by atoms with Crippen LogP contribution in [0.5, 0.6) is 0 Å². The Balaban J connectivity index is 1.68. The van der Waals surface area contributed by atoms with E-state index in [0.29, 0.717) is 18.7 Å². The van der Waals surface area contributed by atoms with E-state index in [4.69, 9.17) is 0 Å². The van der Waals surface area contributed by atoms with Crippen LogP contribution in [0.1, 0.15) is 36.5 Å². The van der Waals surface area contributed by atoms with Crippen LogP contribution in [0.2, 0.25) is 0 Å². The third-order valence-electron chi connectivity index (χ3n) is 3.38. The second kappa shape index (κ2) is 7.67. The number of benzene rings is 1. The molecule has 1 aliphatic carbocycles. The van der Waals surface area contributed by atoms with Crippen LogP contribution in [0.25, 0.3) is 0 Å². The van der Waals surface area contributed by atoms with E-state index in [2.05, 4.69) is 22.9 Å². The second-order valence-electron chi connectivity index (χ2n) is 5.33. The van der Waals surface area contributed by atoms with Gasteiger partial charge in [0, 0.05) is 36.8 Å². The molecule has 0 saturated heterocycles. The first-order valence-electron chi connectivity index (χ1n) is 7.60. The normalized spacial score (nSPS) is 13.6. The van der Waals surface area contributed by atoms with Gasteiger partial charge in [0.25, 0.3) is 5.91 Å². The number of rotatable bonds is 8. The largest absolute Gasteiger partial charge is 0.385 e. The van der Waals surface area contributed by atoms with Crippen molar-refractivity contribution in [2.24, 2.45) is 5.92 Å². The van der Waals surface area contributed by atoms with Crippen molar-refractivity contribution in [3.05, 3.63) is 29.8 Å². The van der Waals surface area contributed by atoms with Crippen LogP contribution in [0.15, 0.2) is 24.3 Å². The number of amides is 2. The number of nitrogens with one attached hydrogen (secondary N) is 3. The van der Waals surface area contributed by atoms with Gasteiger partial charge in [-0.25, -0.2) is 0 Å². The Hall–Kier alpha value is -2.04. The molecule has 0 heterocycles. The summed E-state index contributed by atoms with van der Waals surface area (Å²) in [5.74, 6) is 0.206. The smallest absolute Gasteiger partial charge is 0.251 e. The topological polar surface area (TPSA) is 70.2 Å². The van der Waals surface area contributed by atoms with Gasteiger partial charge in [-0.15, -0.1) is 0 Å². The molecule has 0 spiro atoms. The van der Waals surface area contributed by atoms with Gasteiger partial charge in [0.1, 0.15) is 0 Å². The van der Waals surface area contributed by atoms with Gasteiger partial charge in [0.2, 0.25) is 5.91 Å². The highest BCUT2D eigenvalue weighted by Gasteiger charge is 2.28. The minimum Gasteiger partial charge on any atom is -0.385 e. The molecular formula is C16H23N3O2. The summed E-state index contributed by atoms with van der Waals surface area (Å²) >= 11 is 0. The van der Waals surface area contributed by atoms with Crippen molar-refractivity contribution in [2.45, 2.75) is 26.2 Å². The van der Waals surface area contributed by atoms with Crippen molar-refractivity contribution in [1.82, 2.24) is 10.6 Å². The van der Waals surface area contributed by atoms with Gasteiger partial charge in [-0.05, 0) is 43.5 Å². The Labute approximate surface area is 125 Å². The van der Waals surface area contributed by atoms with Crippen LogP contribution in [0.4, 0.5) is 5.69 Å². The highest BCUT2D eigenvalue weighted by molar-refractivity contribution is 5.94. The lowest BCUT2D eigenvalue weighted by atomic mass is 10.2. The fraction of sp³-hybridized carbons (Fsp3) is 0.500. The highest BCUT2D eigenvalue weighted by Crippen LogP contribution is 2.28. The number of carbonyl (C=O) groups is 2. The van der Waals surface area contributed by atoms with Crippen molar-refractivity contribution in [3.63, 3.8) is 0 Å². The third kappa shape index (κ3) is 5.10. The molecule has 0 unspecified atom stereocenters. The van der Waals surface area contributed by atoms with Gasteiger partial charge in [0.15, 0.2) is 0 Å². The summed E-state index contributed by atoms with van der Waals surface area (Å²) < 4.78 is 0. The van der Waals surface area contributed by atoms with E-state index in [1.807, 2.05) is 12.1 Å². The zero-order valence-electron chi connectivity index (χ0n) is 12.4. The predicted octanol–water partition coefficient (Wildman–Crippen LogP) is 1.76. The minimum atomic E-state index is -0.113. The Kier molecular flexibility index (Phi) is 5.60. The molecular weight excluding hydrogens is 266 g/mol. The predicted molar refractivity (Wildman–Crippen MR) is 83.3 cm³/mol. The number of hydrogen-bond donors (Lipinski definition) is 3. The third-order valence-corrected chi connectivity index (χ3v) is 3.38. The number of carbonyl (C=O) groups excluding carboxylic acids is 2. The number of anilines is 1. The summed E-state index contributed by atoms with van der Waals surface area (Å²) in [6.07, 6.45) is 3.06. The highest BCUT2D eigenvalue weighted by atomic mass is 16.2. The molecule has 0 aromatic heterocycles. The lowest BCUT2D eigenvalue weighted by Gasteiger charge is -2.08. The molecule has 3 N–H and O–H groups in total. The average molecular weight is 289 g/mol. The molecule has 114 valence electrons. The molecule has 5 heteroatoms. The maximum Gasteiger partial charge on any atom is 0.251 e. The number of hydrogen-bond acceptors (Lipinski definition) is 3. The summed E-state index contributed by atoms with van der Waals surface area (Å²) in [6, 6.07) is 7.41. The molecule has 5 nitrogen and oxygen atoms in total. The quantitative estimate of drug-likeness (QED) is 0.639. The maximum atomic E-state index is 11.9. The molecule has 1 fully saturated rings. The van der Waals surface area contributed by atoms with E-state index in [-0.39, 0.29) is 17.7 Å². The summed E-state index contributed by atoms with van der Waals surface area (Å²) in [5.41, 5.74) is 1.65. The molecule has 2 amide bonds. The van der Waals surface area contributed by atoms with Crippen LogP contribution < -0.4 is 16.0 Å². The summed E-state index contributed by atoms with van der Waals surface area (Å²) in [4.78, 5) is 23.3. The van der Waals surface area contributed by atoms with Gasteiger partial charge in [-0.3, -0.25) is 9.59 Å². The molecule has 1 saturated carbocycles. The SMILES string of the molecule is CCCNc1ccc(C(=O)NCCNC(=O)C2CC2)cc1. The maximum absolute atomic E-state index is 11.9. The van der Waals surface area contributed by atoms with Gasteiger partial charge >= 0.3 is 0 Å². The van der Waals surface area contributed by atoms with Crippen LogP contribution in [0.3, 0.4) is 0 Å². The Bertz CT molecular complexity index is 481. The van der Waals surface area contributed by atoms with Crippen LogP contribution in [0, 0.1) is 5.92 Å². The van der Waals surface area contributed by atoms with Crippen molar-refractivity contribution >= 4 is 17.5 Å². The average Bonchev–Trinajstić information content (AvgIpc) is 3.34. The van der Waals surface area contributed by atoms with E-state index in [0.717, 1.165) is 31.5 Å². The first kappa shape index (κ1) is 15.4. The van der Waals surface area contributed by atoms with Gasteiger partial charge < -0.3 is 16.0 Å². The monoisotopic (exact) mass is 289 g/mol. The molecule has 2 rings (SSSR count). The fourth-order valence-corrected chi connectivity index (χ4v) is 1.96. The molecule has 0 atom stereocenters. The van der Waals surface area contributed by atoms with Crippen LogP contribution in [-0.2, 0) is 4.79 Å². The molecule has 1 aromatic rings.